The quantitative estimate of drug-likeness (QED) is 0.733. The monoisotopic (exact) mass is 269 g/mol. The van der Waals surface area contributed by atoms with Gasteiger partial charge in [-0.05, 0) is 32.0 Å². The first-order chi connectivity index (χ1) is 6.89. The highest BCUT2D eigenvalue weighted by atomic mass is 79.9. The van der Waals surface area contributed by atoms with Crippen molar-refractivity contribution in [1.29, 1.82) is 0 Å². The molecular weight excluding hydrogens is 257 g/mol. The zero-order valence-corrected chi connectivity index (χ0v) is 10.6. The fraction of sp³-hybridized carbons (Fsp3) is 0.333. The zero-order chi connectivity index (χ0) is 11.2. The van der Waals surface area contributed by atoms with E-state index in [2.05, 4.69) is 15.9 Å². The molecule has 0 saturated carbocycles. The summed E-state index contributed by atoms with van der Waals surface area (Å²) in [6, 6.07) is 7.87. The Hall–Kier alpha value is -0.830. The minimum absolute atomic E-state index is 0.704. The lowest BCUT2D eigenvalue weighted by molar-refractivity contribution is 0.209. The van der Waals surface area contributed by atoms with Crippen LogP contribution in [0.3, 0.4) is 0 Å². The highest BCUT2D eigenvalue weighted by Gasteiger charge is 2.23. The van der Waals surface area contributed by atoms with E-state index in [1.807, 2.05) is 35.9 Å². The molecule has 0 aliphatic rings. The molecule has 0 radical (unpaired) electrons. The summed E-state index contributed by atoms with van der Waals surface area (Å²) >= 11 is 3.42. The van der Waals surface area contributed by atoms with Gasteiger partial charge in [0.1, 0.15) is 5.67 Å². The maximum absolute atomic E-state index is 13.9. The molecule has 15 heavy (non-hydrogen) atoms. The van der Waals surface area contributed by atoms with Gasteiger partial charge in [-0.15, -0.1) is 0 Å². The van der Waals surface area contributed by atoms with Gasteiger partial charge in [0.25, 0.3) is 0 Å². The van der Waals surface area contributed by atoms with E-state index in [-0.39, 0.29) is 0 Å². The predicted octanol–water partition coefficient (Wildman–Crippen LogP) is 4.15. The molecule has 2 aromatic rings. The number of nitrogens with zero attached hydrogens (tertiary/aromatic N) is 1. The maximum Gasteiger partial charge on any atom is 0.145 e. The van der Waals surface area contributed by atoms with Crippen LogP contribution in [0.4, 0.5) is 4.39 Å². The third-order valence-electron chi connectivity index (χ3n) is 2.62. The molecule has 0 unspecified atom stereocenters. The molecule has 1 heterocycles. The summed E-state index contributed by atoms with van der Waals surface area (Å²) in [5.41, 5.74) is 0.445. The smallest absolute Gasteiger partial charge is 0.145 e. The van der Waals surface area contributed by atoms with Crippen molar-refractivity contribution in [3.05, 3.63) is 34.4 Å². The summed E-state index contributed by atoms with van der Waals surface area (Å²) in [5.74, 6) is 0. The lowest BCUT2D eigenvalue weighted by Gasteiger charge is -2.15. The molecule has 0 spiro atoms. The number of hydrogen-bond donors (Lipinski definition) is 0. The van der Waals surface area contributed by atoms with Crippen LogP contribution in [0, 0.1) is 0 Å². The van der Waals surface area contributed by atoms with E-state index in [4.69, 9.17) is 0 Å². The number of halogens is 2. The van der Waals surface area contributed by atoms with Crippen LogP contribution < -0.4 is 0 Å². The standard InChI is InChI=1S/C12H13BrFN/c1-12(2,14)11-6-8-4-5-9(13)7-10(8)15(11)3/h4-7H,1-3H3. The molecule has 0 aliphatic carbocycles. The van der Waals surface area contributed by atoms with Crippen LogP contribution in [0.15, 0.2) is 28.7 Å². The van der Waals surface area contributed by atoms with Crippen LogP contribution in [-0.4, -0.2) is 4.57 Å². The number of hydrogen-bond acceptors (Lipinski definition) is 0. The normalized spacial score (nSPS) is 12.3. The average molecular weight is 270 g/mol. The summed E-state index contributed by atoms with van der Waals surface area (Å²) in [6.45, 7) is 3.16. The van der Waals surface area contributed by atoms with Crippen molar-refractivity contribution < 1.29 is 4.39 Å². The summed E-state index contributed by atoms with van der Waals surface area (Å²) < 4.78 is 16.8. The van der Waals surface area contributed by atoms with Gasteiger partial charge in [0.15, 0.2) is 0 Å². The number of aryl methyl sites for hydroxylation is 1. The van der Waals surface area contributed by atoms with Crippen LogP contribution in [0.1, 0.15) is 19.5 Å². The Bertz CT molecular complexity index is 508. The third-order valence-corrected chi connectivity index (χ3v) is 3.11. The third kappa shape index (κ3) is 1.81. The molecule has 0 fully saturated rings. The van der Waals surface area contributed by atoms with E-state index in [1.54, 1.807) is 13.8 Å². The van der Waals surface area contributed by atoms with Gasteiger partial charge in [0.05, 0.1) is 5.69 Å². The molecular formula is C12H13BrFN. The molecule has 1 aromatic carbocycles. The Labute approximate surface area is 97.0 Å². The Balaban J connectivity index is 2.76. The molecule has 80 valence electrons. The zero-order valence-electron chi connectivity index (χ0n) is 9.01. The largest absolute Gasteiger partial charge is 0.345 e. The molecule has 0 saturated heterocycles. The van der Waals surface area contributed by atoms with Crippen molar-refractivity contribution in [3.8, 4) is 0 Å². The van der Waals surface area contributed by atoms with Crippen LogP contribution in [0.25, 0.3) is 10.9 Å². The van der Waals surface area contributed by atoms with Crippen LogP contribution in [-0.2, 0) is 12.7 Å². The molecule has 0 atom stereocenters. The highest BCUT2D eigenvalue weighted by molar-refractivity contribution is 9.10. The van der Waals surface area contributed by atoms with Crippen LogP contribution in [0.5, 0.6) is 0 Å². The van der Waals surface area contributed by atoms with E-state index in [1.165, 1.54) is 0 Å². The number of alkyl halides is 1. The van der Waals surface area contributed by atoms with Gasteiger partial charge in [-0.1, -0.05) is 22.0 Å². The van der Waals surface area contributed by atoms with Crippen LogP contribution in [0.2, 0.25) is 0 Å². The van der Waals surface area contributed by atoms with Gasteiger partial charge in [-0.25, -0.2) is 4.39 Å². The van der Waals surface area contributed by atoms with Crippen molar-refractivity contribution in [2.75, 3.05) is 0 Å². The summed E-state index contributed by atoms with van der Waals surface area (Å²) in [4.78, 5) is 0. The number of benzene rings is 1. The van der Waals surface area contributed by atoms with Gasteiger partial charge in [-0.3, -0.25) is 0 Å². The first kappa shape index (κ1) is 10.7. The average Bonchev–Trinajstić information content (AvgIpc) is 2.43. The van der Waals surface area contributed by atoms with E-state index in [0.717, 1.165) is 15.4 Å². The lowest BCUT2D eigenvalue weighted by atomic mass is 10.1. The minimum Gasteiger partial charge on any atom is -0.345 e. The van der Waals surface area contributed by atoms with E-state index < -0.39 is 5.67 Å². The fourth-order valence-electron chi connectivity index (χ4n) is 1.87. The van der Waals surface area contributed by atoms with Crippen LogP contribution >= 0.6 is 15.9 Å². The van der Waals surface area contributed by atoms with E-state index in [9.17, 15) is 4.39 Å². The number of rotatable bonds is 1. The van der Waals surface area contributed by atoms with E-state index in [0.29, 0.717) is 5.69 Å². The van der Waals surface area contributed by atoms with Gasteiger partial charge in [0, 0.05) is 22.4 Å². The van der Waals surface area contributed by atoms with E-state index >= 15 is 0 Å². The highest BCUT2D eigenvalue weighted by Crippen LogP contribution is 2.31. The van der Waals surface area contributed by atoms with Gasteiger partial charge < -0.3 is 4.57 Å². The Morgan fingerprint density at radius 1 is 1.27 bits per heavy atom. The van der Waals surface area contributed by atoms with Crippen molar-refractivity contribution in [2.24, 2.45) is 7.05 Å². The van der Waals surface area contributed by atoms with Crippen molar-refractivity contribution in [1.82, 2.24) is 4.57 Å². The molecule has 1 nitrogen and oxygen atoms in total. The lowest BCUT2D eigenvalue weighted by Crippen LogP contribution is -2.13. The maximum atomic E-state index is 13.9. The molecule has 1 aromatic heterocycles. The van der Waals surface area contributed by atoms with Gasteiger partial charge in [-0.2, -0.15) is 0 Å². The topological polar surface area (TPSA) is 4.93 Å². The second kappa shape index (κ2) is 3.34. The molecule has 0 amide bonds. The molecule has 0 aliphatic heterocycles. The summed E-state index contributed by atoms with van der Waals surface area (Å²) in [5, 5.41) is 1.07. The van der Waals surface area contributed by atoms with Crippen molar-refractivity contribution >= 4 is 26.8 Å². The van der Waals surface area contributed by atoms with Crippen molar-refractivity contribution in [2.45, 2.75) is 19.5 Å². The predicted molar refractivity (Wildman–Crippen MR) is 64.8 cm³/mol. The number of fused-ring (bicyclic) bond motifs is 1. The Morgan fingerprint density at radius 2 is 1.93 bits per heavy atom. The first-order valence-electron chi connectivity index (χ1n) is 4.84. The van der Waals surface area contributed by atoms with Gasteiger partial charge >= 0.3 is 0 Å². The summed E-state index contributed by atoms with van der Waals surface area (Å²) in [7, 11) is 1.89. The second-order valence-corrected chi connectivity index (χ2v) is 5.18. The molecule has 2 rings (SSSR count). The fourth-order valence-corrected chi connectivity index (χ4v) is 2.22. The first-order valence-corrected chi connectivity index (χ1v) is 5.63. The molecule has 3 heteroatoms. The molecule has 0 N–H and O–H groups in total. The SMILES string of the molecule is Cn1c(C(C)(C)F)cc2ccc(Br)cc21. The van der Waals surface area contributed by atoms with Gasteiger partial charge in [0.2, 0.25) is 0 Å². The number of aromatic nitrogens is 1. The Kier molecular flexibility index (Phi) is 2.38. The minimum atomic E-state index is -1.31. The summed E-state index contributed by atoms with van der Waals surface area (Å²) in [6.07, 6.45) is 0. The second-order valence-electron chi connectivity index (χ2n) is 4.26. The molecule has 0 bridgehead atoms. The van der Waals surface area contributed by atoms with Crippen molar-refractivity contribution in [3.63, 3.8) is 0 Å². The Morgan fingerprint density at radius 3 is 2.53 bits per heavy atom.